The Kier molecular flexibility index (Phi) is 13.2. The first-order chi connectivity index (χ1) is 19.4. The number of nitrogens with one attached hydrogen (secondary N) is 2. The van der Waals surface area contributed by atoms with Crippen LogP contribution < -0.4 is 14.8 Å². The number of fused-ring (bicyclic) bond motifs is 2. The fourth-order valence-corrected chi connectivity index (χ4v) is 4.96. The van der Waals surface area contributed by atoms with E-state index in [1.165, 1.54) is 6.07 Å². The predicted molar refractivity (Wildman–Crippen MR) is 150 cm³/mol. The average molecular weight is 781 g/mol. The van der Waals surface area contributed by atoms with E-state index in [9.17, 15) is 57.9 Å². The van der Waals surface area contributed by atoms with E-state index >= 15 is 0 Å². The summed E-state index contributed by atoms with van der Waals surface area (Å²) in [4.78, 5) is 23.0. The summed E-state index contributed by atoms with van der Waals surface area (Å²) in [5.41, 5.74) is -9.59. The molecule has 0 spiro atoms. The minimum Gasteiger partial charge on any atom is -0.505 e. The third kappa shape index (κ3) is 9.23. The molecule has 2 aliphatic rings. The number of carbonyl (C=O) groups is 2. The van der Waals surface area contributed by atoms with Crippen LogP contribution in [0.25, 0.3) is 0 Å². The Labute approximate surface area is 270 Å². The number of rotatable bonds is 2. The highest BCUT2D eigenvalue weighted by Gasteiger charge is 2.49. The zero-order valence-corrected chi connectivity index (χ0v) is 25.7. The highest BCUT2D eigenvalue weighted by atomic mass is 35.7. The number of hydrogen-bond donors (Lipinski definition) is 3. The Morgan fingerprint density at radius 2 is 1.14 bits per heavy atom. The minimum atomic E-state index is -5.91. The van der Waals surface area contributed by atoms with Crippen molar-refractivity contribution in [3.8, 4) is 11.5 Å². The zero-order valence-electron chi connectivity index (χ0n) is 20.3. The smallest absolute Gasteiger partial charge is 0.505 e. The normalized spacial score (nSPS) is 14.6. The molecule has 0 saturated carbocycles. The molecule has 0 aliphatic carbocycles. The Bertz CT molecular complexity index is 1670. The van der Waals surface area contributed by atoms with E-state index < -0.39 is 51.9 Å². The van der Waals surface area contributed by atoms with Crippen LogP contribution in [0, 0.1) is 0 Å². The fraction of sp³-hybridized carbons (Fsp3) is 0.333. The molecular formula is C21H17Cl5F6N2O8S2. The Balaban J connectivity index is 0.000000363. The zero-order chi connectivity index (χ0) is 33.3. The van der Waals surface area contributed by atoms with E-state index in [2.05, 4.69) is 25.5 Å². The molecule has 2 amide bonds. The summed E-state index contributed by atoms with van der Waals surface area (Å²) in [6.45, 7) is 0.741. The van der Waals surface area contributed by atoms with Crippen molar-refractivity contribution in [3.05, 3.63) is 54.5 Å². The molecule has 23 heteroatoms. The highest BCUT2D eigenvalue weighted by molar-refractivity contribution is 8.14. The van der Waals surface area contributed by atoms with E-state index in [-0.39, 0.29) is 53.2 Å². The maximum Gasteiger partial charge on any atom is 0.534 e. The van der Waals surface area contributed by atoms with Gasteiger partial charge in [-0.3, -0.25) is 9.59 Å². The molecule has 248 valence electrons. The lowest BCUT2D eigenvalue weighted by molar-refractivity contribution is -0.0500. The maximum atomic E-state index is 12.3. The molecule has 3 N–H and O–H groups in total. The van der Waals surface area contributed by atoms with Gasteiger partial charge in [-0.05, 0) is 36.1 Å². The standard InChI is InChI=1S/C10H6Cl2F3NO4S.C9H7Cl2NO2.CClF3O2S.CH4/c11-6-3-5-4(1-2-16-9(5)17)7(12)8(6)20-21(18,19)10(13,14)15;10-6-3-5-4(7(11)8(6)13)1-2-12-9(5)14;2-8(6,7)1(3,4)5;/h3H,1-2H2,(H,16,17);3,13H,1-2H2,(H,12,14);;1H4. The molecule has 0 fully saturated rings. The number of amides is 2. The molecule has 0 unspecified atom stereocenters. The van der Waals surface area contributed by atoms with Gasteiger partial charge in [0.15, 0.2) is 11.5 Å². The number of phenolic OH excluding ortho intramolecular Hbond substituents is 1. The molecule has 0 atom stereocenters. The Morgan fingerprint density at radius 1 is 0.750 bits per heavy atom. The first kappa shape index (κ1) is 39.9. The summed E-state index contributed by atoms with van der Waals surface area (Å²) in [5, 5.41) is 14.0. The third-order valence-corrected chi connectivity index (χ3v) is 8.54. The molecule has 10 nitrogen and oxygen atoms in total. The molecule has 2 aromatic carbocycles. The van der Waals surface area contributed by atoms with Gasteiger partial charge in [0.25, 0.3) is 11.8 Å². The van der Waals surface area contributed by atoms with E-state index in [0.717, 1.165) is 6.07 Å². The largest absolute Gasteiger partial charge is 0.534 e. The molecule has 0 saturated heterocycles. The van der Waals surface area contributed by atoms with Crippen LogP contribution in [0.3, 0.4) is 0 Å². The van der Waals surface area contributed by atoms with Crippen LogP contribution in [0.4, 0.5) is 26.3 Å². The SMILES string of the molecule is C.O=C1NCCc2c1cc(Cl)c(O)c2Cl.O=C1NCCc2c1cc(Cl)c(OS(=O)(=O)C(F)(F)F)c2Cl.O=S(=O)(Cl)C(F)(F)F. The van der Waals surface area contributed by atoms with E-state index in [0.29, 0.717) is 24.1 Å². The molecule has 4 rings (SSSR count). The lowest BCUT2D eigenvalue weighted by Crippen LogP contribution is -2.32. The topological polar surface area (TPSA) is 156 Å². The lowest BCUT2D eigenvalue weighted by Gasteiger charge is -2.20. The second-order valence-corrected chi connectivity index (χ2v) is 13.6. The van der Waals surface area contributed by atoms with Crippen LogP contribution in [0.2, 0.25) is 20.1 Å². The monoisotopic (exact) mass is 778 g/mol. The fourth-order valence-electron chi connectivity index (χ4n) is 3.21. The minimum absolute atomic E-state index is 0. The van der Waals surface area contributed by atoms with Gasteiger partial charge in [-0.15, -0.1) is 0 Å². The van der Waals surface area contributed by atoms with Crippen molar-refractivity contribution >= 4 is 88.1 Å². The van der Waals surface area contributed by atoms with Gasteiger partial charge < -0.3 is 19.9 Å². The van der Waals surface area contributed by atoms with Gasteiger partial charge >= 0.3 is 30.2 Å². The maximum absolute atomic E-state index is 12.3. The first-order valence-electron chi connectivity index (χ1n) is 10.7. The van der Waals surface area contributed by atoms with E-state index in [1.807, 2.05) is 0 Å². The third-order valence-electron chi connectivity index (χ3n) is 5.14. The molecular weight excluding hydrogens is 764 g/mol. The first-order valence-corrected chi connectivity index (χ1v) is 15.9. The number of hydrogen-bond acceptors (Lipinski definition) is 8. The summed E-state index contributed by atoms with van der Waals surface area (Å²) < 4.78 is 114. The summed E-state index contributed by atoms with van der Waals surface area (Å²) in [6, 6.07) is 2.45. The van der Waals surface area contributed by atoms with Crippen LogP contribution >= 0.6 is 57.1 Å². The van der Waals surface area contributed by atoms with Gasteiger partial charge in [-0.1, -0.05) is 53.8 Å². The van der Waals surface area contributed by atoms with Crippen LogP contribution in [0.1, 0.15) is 39.3 Å². The summed E-state index contributed by atoms with van der Waals surface area (Å²) >= 11 is 23.1. The molecule has 2 aliphatic heterocycles. The van der Waals surface area contributed by atoms with Crippen molar-refractivity contribution in [1.82, 2.24) is 10.6 Å². The second-order valence-electron chi connectivity index (χ2n) is 7.95. The van der Waals surface area contributed by atoms with Gasteiger partial charge in [0.2, 0.25) is 0 Å². The summed E-state index contributed by atoms with van der Waals surface area (Å²) in [7, 11) is -7.42. The lowest BCUT2D eigenvalue weighted by atomic mass is 10.00. The molecule has 2 heterocycles. The molecule has 44 heavy (non-hydrogen) atoms. The van der Waals surface area contributed by atoms with Crippen LogP contribution in [0.5, 0.6) is 11.5 Å². The van der Waals surface area contributed by atoms with E-state index in [4.69, 9.17) is 46.4 Å². The number of alkyl halides is 6. The number of halogens is 11. The van der Waals surface area contributed by atoms with Gasteiger partial charge in [-0.25, -0.2) is 8.42 Å². The van der Waals surface area contributed by atoms with Crippen LogP contribution in [0.15, 0.2) is 12.1 Å². The van der Waals surface area contributed by atoms with Crippen molar-refractivity contribution in [3.63, 3.8) is 0 Å². The van der Waals surface area contributed by atoms with Gasteiger partial charge in [0.05, 0.1) is 20.1 Å². The average Bonchev–Trinajstić information content (AvgIpc) is 2.85. The number of benzene rings is 2. The van der Waals surface area contributed by atoms with E-state index in [1.54, 1.807) is 0 Å². The summed E-state index contributed by atoms with van der Waals surface area (Å²) in [5.74, 6) is -1.70. The van der Waals surface area contributed by atoms with Crippen molar-refractivity contribution in [2.75, 3.05) is 13.1 Å². The van der Waals surface area contributed by atoms with Crippen molar-refractivity contribution in [1.29, 1.82) is 0 Å². The van der Waals surface area contributed by atoms with Crippen LogP contribution in [-0.4, -0.2) is 57.9 Å². The molecule has 0 radical (unpaired) electrons. The summed E-state index contributed by atoms with van der Waals surface area (Å²) in [6.07, 6.45) is 0.824. The predicted octanol–water partition coefficient (Wildman–Crippen LogP) is 6.20. The molecule has 0 bridgehead atoms. The second kappa shape index (κ2) is 14.6. The molecule has 2 aromatic rings. The van der Waals surface area contributed by atoms with Crippen LogP contribution in [-0.2, 0) is 32.0 Å². The van der Waals surface area contributed by atoms with Gasteiger partial charge in [-0.2, -0.15) is 34.8 Å². The molecule has 0 aromatic heterocycles. The van der Waals surface area contributed by atoms with Crippen molar-refractivity contribution in [2.45, 2.75) is 31.3 Å². The quantitative estimate of drug-likeness (QED) is 0.141. The Hall–Kier alpha value is -2.09. The number of aromatic hydroxyl groups is 1. The number of phenols is 1. The van der Waals surface area contributed by atoms with Gasteiger partial charge in [0.1, 0.15) is 0 Å². The highest BCUT2D eigenvalue weighted by Crippen LogP contribution is 2.41. The van der Waals surface area contributed by atoms with Crippen molar-refractivity contribution in [2.24, 2.45) is 0 Å². The van der Waals surface area contributed by atoms with Gasteiger partial charge in [0, 0.05) is 34.9 Å². The van der Waals surface area contributed by atoms with Crippen molar-refractivity contribution < 1.29 is 62.1 Å². The Morgan fingerprint density at radius 3 is 1.52 bits per heavy atom. The number of carbonyl (C=O) groups excluding carboxylic acids is 2.